The highest BCUT2D eigenvalue weighted by Gasteiger charge is 2.24. The molecule has 0 aliphatic rings. The van der Waals surface area contributed by atoms with E-state index in [0.717, 1.165) is 24.5 Å². The summed E-state index contributed by atoms with van der Waals surface area (Å²) in [5.74, 6) is -3.88. The molecule has 7 nitrogen and oxygen atoms in total. The molecular formula is C11H8FNO6S. The predicted octanol–water partition coefficient (Wildman–Crippen LogP) is 1.29. The van der Waals surface area contributed by atoms with E-state index in [1.807, 2.05) is 0 Å². The zero-order valence-electron chi connectivity index (χ0n) is 9.99. The minimum atomic E-state index is -4.00. The van der Waals surface area contributed by atoms with Gasteiger partial charge in [-0.15, -0.1) is 0 Å². The van der Waals surface area contributed by atoms with Gasteiger partial charge < -0.3 is 14.7 Å². The van der Waals surface area contributed by atoms with Crippen LogP contribution < -0.4 is 0 Å². The Kier molecular flexibility index (Phi) is 3.22. The maximum absolute atomic E-state index is 14.2. The summed E-state index contributed by atoms with van der Waals surface area (Å²) in [6, 6.07) is 3.00. The number of carbonyl (C=O) groups is 1. The Bertz CT molecular complexity index is 795. The molecular weight excluding hydrogens is 293 g/mol. The average Bonchev–Trinajstić information content (AvgIpc) is 2.76. The lowest BCUT2D eigenvalue weighted by Gasteiger charge is -2.06. The van der Waals surface area contributed by atoms with Gasteiger partial charge in [-0.2, -0.15) is 0 Å². The molecule has 2 aromatic rings. The first-order valence-electron chi connectivity index (χ1n) is 5.13. The van der Waals surface area contributed by atoms with Crippen LogP contribution in [0.5, 0.6) is 5.75 Å². The van der Waals surface area contributed by atoms with E-state index < -0.39 is 38.0 Å². The van der Waals surface area contributed by atoms with Crippen LogP contribution in [0.3, 0.4) is 0 Å². The van der Waals surface area contributed by atoms with Gasteiger partial charge in [-0.3, -0.25) is 0 Å². The Balaban J connectivity index is 2.67. The number of sulfone groups is 1. The third-order valence-corrected chi connectivity index (χ3v) is 3.57. The number of hydrogen-bond acceptors (Lipinski definition) is 6. The number of rotatable bonds is 3. The molecule has 2 N–H and O–H groups in total. The van der Waals surface area contributed by atoms with Crippen LogP contribution in [0, 0.1) is 5.82 Å². The first kappa shape index (κ1) is 14.0. The number of halogens is 1. The second kappa shape index (κ2) is 4.60. The lowest BCUT2D eigenvalue weighted by molar-refractivity contribution is 0.0652. The van der Waals surface area contributed by atoms with Crippen LogP contribution in [-0.2, 0) is 9.84 Å². The van der Waals surface area contributed by atoms with E-state index in [9.17, 15) is 22.7 Å². The maximum Gasteiger partial charge on any atom is 0.374 e. The van der Waals surface area contributed by atoms with E-state index in [1.165, 1.54) is 0 Å². The summed E-state index contributed by atoms with van der Waals surface area (Å²) >= 11 is 0. The highest BCUT2D eigenvalue weighted by Crippen LogP contribution is 2.33. The second-order valence-corrected chi connectivity index (χ2v) is 5.88. The smallest absolute Gasteiger partial charge is 0.374 e. The number of hydrogen-bond donors (Lipinski definition) is 2. The highest BCUT2D eigenvalue weighted by molar-refractivity contribution is 7.90. The molecule has 1 aromatic carbocycles. The van der Waals surface area contributed by atoms with Crippen molar-refractivity contribution >= 4 is 15.8 Å². The summed E-state index contributed by atoms with van der Waals surface area (Å²) in [7, 11) is -4.00. The average molecular weight is 301 g/mol. The number of carboxylic acids is 1. The molecule has 0 fully saturated rings. The monoisotopic (exact) mass is 301 g/mol. The topological polar surface area (TPSA) is 118 Å². The van der Waals surface area contributed by atoms with Gasteiger partial charge in [0.2, 0.25) is 5.76 Å². The number of aromatic hydroxyl groups is 1. The van der Waals surface area contributed by atoms with Crippen LogP contribution >= 0.6 is 0 Å². The van der Waals surface area contributed by atoms with Crippen molar-refractivity contribution in [3.05, 3.63) is 29.8 Å². The van der Waals surface area contributed by atoms with Gasteiger partial charge >= 0.3 is 5.97 Å². The molecule has 0 radical (unpaired) electrons. The van der Waals surface area contributed by atoms with Gasteiger partial charge in [-0.05, 0) is 12.1 Å². The molecule has 0 spiro atoms. The number of phenols is 1. The van der Waals surface area contributed by atoms with Gasteiger partial charge in [-0.25, -0.2) is 17.6 Å². The molecule has 0 saturated heterocycles. The van der Waals surface area contributed by atoms with Crippen molar-refractivity contribution < 1.29 is 32.3 Å². The zero-order chi connectivity index (χ0) is 15.1. The molecule has 106 valence electrons. The Morgan fingerprint density at radius 1 is 1.40 bits per heavy atom. The van der Waals surface area contributed by atoms with Crippen molar-refractivity contribution in [1.29, 1.82) is 0 Å². The third-order valence-electron chi connectivity index (χ3n) is 2.44. The van der Waals surface area contributed by atoms with E-state index in [4.69, 9.17) is 5.11 Å². The van der Waals surface area contributed by atoms with Crippen molar-refractivity contribution in [1.82, 2.24) is 5.16 Å². The second-order valence-electron chi connectivity index (χ2n) is 3.93. The van der Waals surface area contributed by atoms with E-state index in [2.05, 4.69) is 9.68 Å². The van der Waals surface area contributed by atoms with Crippen molar-refractivity contribution in [2.75, 3.05) is 6.26 Å². The van der Waals surface area contributed by atoms with Gasteiger partial charge in [0, 0.05) is 17.9 Å². The minimum Gasteiger partial charge on any atom is -0.506 e. The van der Waals surface area contributed by atoms with Crippen LogP contribution in [0.1, 0.15) is 10.6 Å². The molecule has 0 saturated carbocycles. The fraction of sp³-hybridized carbons (Fsp3) is 0.0909. The molecule has 0 atom stereocenters. The Labute approximate surface area is 112 Å². The van der Waals surface area contributed by atoms with E-state index in [0.29, 0.717) is 0 Å². The number of carboxylic acid groups (broad SMARTS) is 1. The van der Waals surface area contributed by atoms with Crippen LogP contribution in [0.15, 0.2) is 27.6 Å². The fourth-order valence-electron chi connectivity index (χ4n) is 1.60. The molecule has 20 heavy (non-hydrogen) atoms. The van der Waals surface area contributed by atoms with Crippen molar-refractivity contribution in [3.63, 3.8) is 0 Å². The first-order chi connectivity index (χ1) is 9.21. The van der Waals surface area contributed by atoms with E-state index in [1.54, 1.807) is 0 Å². The number of phenolic OH excluding ortho intramolecular Hbond substituents is 1. The summed E-state index contributed by atoms with van der Waals surface area (Å²) in [5.41, 5.74) is -0.482. The molecule has 2 rings (SSSR count). The maximum atomic E-state index is 14.2. The largest absolute Gasteiger partial charge is 0.506 e. The molecule has 0 unspecified atom stereocenters. The molecule has 0 aliphatic carbocycles. The third kappa shape index (κ3) is 2.35. The zero-order valence-corrected chi connectivity index (χ0v) is 10.8. The Morgan fingerprint density at radius 2 is 2.05 bits per heavy atom. The summed E-state index contributed by atoms with van der Waals surface area (Å²) in [5, 5.41) is 21.5. The van der Waals surface area contributed by atoms with E-state index in [-0.39, 0.29) is 11.3 Å². The predicted molar refractivity (Wildman–Crippen MR) is 63.6 cm³/mol. The van der Waals surface area contributed by atoms with Crippen molar-refractivity contribution in [2.24, 2.45) is 0 Å². The number of aromatic carboxylic acids is 1. The van der Waals surface area contributed by atoms with Crippen LogP contribution in [-0.4, -0.2) is 36.0 Å². The molecule has 0 aliphatic heterocycles. The fourth-order valence-corrected chi connectivity index (χ4v) is 2.48. The van der Waals surface area contributed by atoms with Gasteiger partial charge in [0.15, 0.2) is 15.7 Å². The van der Waals surface area contributed by atoms with Gasteiger partial charge in [0.25, 0.3) is 0 Å². The van der Waals surface area contributed by atoms with Crippen LogP contribution in [0.25, 0.3) is 11.3 Å². The van der Waals surface area contributed by atoms with Crippen molar-refractivity contribution in [3.8, 4) is 17.0 Å². The first-order valence-corrected chi connectivity index (χ1v) is 7.03. The minimum absolute atomic E-state index is 0.190. The van der Waals surface area contributed by atoms with E-state index >= 15 is 0 Å². The Morgan fingerprint density at radius 3 is 2.55 bits per heavy atom. The lowest BCUT2D eigenvalue weighted by Crippen LogP contribution is -2.03. The number of nitrogens with zero attached hydrogens (tertiary/aromatic N) is 1. The summed E-state index contributed by atoms with van der Waals surface area (Å²) in [4.78, 5) is 9.77. The van der Waals surface area contributed by atoms with Gasteiger partial charge in [0.1, 0.15) is 16.3 Å². The summed E-state index contributed by atoms with van der Waals surface area (Å²) in [6.45, 7) is 0. The molecule has 9 heteroatoms. The lowest BCUT2D eigenvalue weighted by atomic mass is 10.1. The quantitative estimate of drug-likeness (QED) is 0.876. The summed E-state index contributed by atoms with van der Waals surface area (Å²) in [6.07, 6.45) is 0.736. The summed E-state index contributed by atoms with van der Waals surface area (Å²) < 4.78 is 41.5. The molecule has 0 bridgehead atoms. The Hall–Kier alpha value is -2.42. The van der Waals surface area contributed by atoms with Gasteiger partial charge in [-0.1, -0.05) is 5.16 Å². The van der Waals surface area contributed by atoms with Crippen LogP contribution in [0.4, 0.5) is 4.39 Å². The SMILES string of the molecule is CS(=O)(=O)c1c(O)ccc(-c2cc(C(=O)O)on2)c1F. The normalized spacial score (nSPS) is 11.5. The van der Waals surface area contributed by atoms with Gasteiger partial charge in [0.05, 0.1) is 0 Å². The molecule has 0 amide bonds. The standard InChI is InChI=1S/C11H8FNO6S/c1-20(17,18)10-7(14)3-2-5(9(10)12)6-4-8(11(15)16)19-13-6/h2-4,14H,1H3,(H,15,16). The molecule has 1 heterocycles. The van der Waals surface area contributed by atoms with Crippen molar-refractivity contribution in [2.45, 2.75) is 4.90 Å². The van der Waals surface area contributed by atoms with Crippen LogP contribution in [0.2, 0.25) is 0 Å². The number of aromatic nitrogens is 1. The number of benzene rings is 1. The molecule has 1 aromatic heterocycles. The highest BCUT2D eigenvalue weighted by atomic mass is 32.2.